The minimum atomic E-state index is -2.45. The number of halogens is 2. The summed E-state index contributed by atoms with van der Waals surface area (Å²) in [6.07, 6.45) is 0.998. The molecule has 0 radical (unpaired) electrons. The molecule has 2 rings (SSSR count). The van der Waals surface area contributed by atoms with Gasteiger partial charge in [-0.15, -0.1) is 0 Å². The Morgan fingerprint density at radius 2 is 2.25 bits per heavy atom. The Kier molecular flexibility index (Phi) is 5.02. The van der Waals surface area contributed by atoms with Crippen molar-refractivity contribution in [2.45, 2.75) is 6.43 Å². The largest absolute Gasteiger partial charge is 0.374 e. The van der Waals surface area contributed by atoms with Crippen molar-refractivity contribution in [2.75, 3.05) is 44.3 Å². The fourth-order valence-corrected chi connectivity index (χ4v) is 2.10. The molecule has 112 valence electrons. The number of ether oxygens (including phenoxy) is 1. The molecular formula is C12H18F2N4O2. The first-order valence-electron chi connectivity index (χ1n) is 6.43. The zero-order chi connectivity index (χ0) is 14.5. The van der Waals surface area contributed by atoms with Gasteiger partial charge in [0.15, 0.2) is 0 Å². The summed E-state index contributed by atoms with van der Waals surface area (Å²) < 4.78 is 30.3. The number of aromatic nitrogens is 2. The summed E-state index contributed by atoms with van der Waals surface area (Å²) in [5.74, 6) is -0.0156. The standard InChI is InChI=1S/C12H18F2N4O2/c1-16-7-10(6-15-16)18-3-2-17(8-12(18)19)4-5-20-9-11(13)14/h6-7,11H,2-5,8-9H2,1H3. The molecule has 20 heavy (non-hydrogen) atoms. The van der Waals surface area contributed by atoms with Crippen LogP contribution in [0, 0.1) is 0 Å². The van der Waals surface area contributed by atoms with Gasteiger partial charge in [-0.2, -0.15) is 5.10 Å². The van der Waals surface area contributed by atoms with Gasteiger partial charge >= 0.3 is 0 Å². The van der Waals surface area contributed by atoms with E-state index in [0.717, 1.165) is 5.69 Å². The van der Waals surface area contributed by atoms with Crippen molar-refractivity contribution in [3.8, 4) is 0 Å². The average molecular weight is 288 g/mol. The second-order valence-corrected chi connectivity index (χ2v) is 4.66. The third kappa shape index (κ3) is 3.97. The highest BCUT2D eigenvalue weighted by atomic mass is 19.3. The van der Waals surface area contributed by atoms with Gasteiger partial charge in [0.1, 0.15) is 6.61 Å². The van der Waals surface area contributed by atoms with Crippen molar-refractivity contribution in [1.82, 2.24) is 14.7 Å². The number of hydrogen-bond donors (Lipinski definition) is 0. The first-order valence-corrected chi connectivity index (χ1v) is 6.43. The van der Waals surface area contributed by atoms with Crippen LogP contribution in [0.5, 0.6) is 0 Å². The number of amides is 1. The molecule has 2 heterocycles. The molecule has 1 aromatic heterocycles. The number of carbonyl (C=O) groups excluding carboxylic acids is 1. The summed E-state index contributed by atoms with van der Waals surface area (Å²) in [6, 6.07) is 0. The van der Waals surface area contributed by atoms with Crippen molar-refractivity contribution in [2.24, 2.45) is 7.05 Å². The maximum absolute atomic E-state index is 12.0. The van der Waals surface area contributed by atoms with Crippen molar-refractivity contribution >= 4 is 11.6 Å². The van der Waals surface area contributed by atoms with Crippen LogP contribution in [0.3, 0.4) is 0 Å². The summed E-state index contributed by atoms with van der Waals surface area (Å²) >= 11 is 0. The van der Waals surface area contributed by atoms with Gasteiger partial charge in [0, 0.05) is 32.9 Å². The summed E-state index contributed by atoms with van der Waals surface area (Å²) in [6.45, 7) is 1.68. The van der Waals surface area contributed by atoms with E-state index in [2.05, 4.69) is 5.10 Å². The monoisotopic (exact) mass is 288 g/mol. The van der Waals surface area contributed by atoms with E-state index in [4.69, 9.17) is 4.74 Å². The van der Waals surface area contributed by atoms with E-state index in [1.165, 1.54) is 0 Å². The van der Waals surface area contributed by atoms with Gasteiger partial charge in [-0.05, 0) is 0 Å². The normalized spacial score (nSPS) is 17.2. The molecule has 0 unspecified atom stereocenters. The predicted molar refractivity (Wildman–Crippen MR) is 68.8 cm³/mol. The van der Waals surface area contributed by atoms with Gasteiger partial charge in [-0.1, -0.05) is 0 Å². The highest BCUT2D eigenvalue weighted by Crippen LogP contribution is 2.15. The lowest BCUT2D eigenvalue weighted by Gasteiger charge is -2.33. The molecule has 0 N–H and O–H groups in total. The molecule has 0 aromatic carbocycles. The molecule has 1 aliphatic rings. The molecule has 1 saturated heterocycles. The SMILES string of the molecule is Cn1cc(N2CCN(CCOCC(F)F)CC2=O)cn1. The topological polar surface area (TPSA) is 50.6 Å². The quantitative estimate of drug-likeness (QED) is 0.709. The molecule has 0 atom stereocenters. The van der Waals surface area contributed by atoms with Crippen molar-refractivity contribution < 1.29 is 18.3 Å². The van der Waals surface area contributed by atoms with Crippen LogP contribution in [0.25, 0.3) is 0 Å². The summed E-state index contributed by atoms with van der Waals surface area (Å²) in [4.78, 5) is 15.6. The van der Waals surface area contributed by atoms with E-state index in [1.54, 1.807) is 29.0 Å². The smallest absolute Gasteiger partial charge is 0.261 e. The molecule has 8 heteroatoms. The molecule has 1 amide bonds. The summed E-state index contributed by atoms with van der Waals surface area (Å²) in [7, 11) is 1.80. The maximum Gasteiger partial charge on any atom is 0.261 e. The van der Waals surface area contributed by atoms with Crippen molar-refractivity contribution in [3.05, 3.63) is 12.4 Å². The van der Waals surface area contributed by atoms with E-state index in [-0.39, 0.29) is 19.1 Å². The molecule has 0 saturated carbocycles. The lowest BCUT2D eigenvalue weighted by atomic mass is 10.3. The fourth-order valence-electron chi connectivity index (χ4n) is 2.10. The first-order chi connectivity index (χ1) is 9.56. The Bertz CT molecular complexity index is 452. The second kappa shape index (κ2) is 6.76. The number of carbonyl (C=O) groups is 1. The van der Waals surface area contributed by atoms with Crippen LogP contribution in [-0.2, 0) is 16.6 Å². The number of rotatable bonds is 6. The third-order valence-corrected chi connectivity index (χ3v) is 3.10. The third-order valence-electron chi connectivity index (χ3n) is 3.10. The van der Waals surface area contributed by atoms with Gasteiger partial charge in [0.2, 0.25) is 5.91 Å². The van der Waals surface area contributed by atoms with E-state index < -0.39 is 13.0 Å². The number of hydrogen-bond acceptors (Lipinski definition) is 4. The molecule has 1 fully saturated rings. The Morgan fingerprint density at radius 3 is 2.85 bits per heavy atom. The van der Waals surface area contributed by atoms with E-state index in [0.29, 0.717) is 19.6 Å². The summed E-state index contributed by atoms with van der Waals surface area (Å²) in [5, 5.41) is 4.04. The van der Waals surface area contributed by atoms with Gasteiger partial charge in [-0.3, -0.25) is 14.4 Å². The zero-order valence-corrected chi connectivity index (χ0v) is 11.3. The van der Waals surface area contributed by atoms with E-state index in [9.17, 15) is 13.6 Å². The predicted octanol–water partition coefficient (Wildman–Crippen LogP) is 0.350. The Morgan fingerprint density at radius 1 is 1.45 bits per heavy atom. The molecule has 0 bridgehead atoms. The average Bonchev–Trinajstić information content (AvgIpc) is 2.81. The Balaban J connectivity index is 1.76. The first kappa shape index (κ1) is 14.9. The highest BCUT2D eigenvalue weighted by molar-refractivity contribution is 5.95. The van der Waals surface area contributed by atoms with Gasteiger partial charge < -0.3 is 9.64 Å². The lowest BCUT2D eigenvalue weighted by Crippen LogP contribution is -2.51. The highest BCUT2D eigenvalue weighted by Gasteiger charge is 2.25. The maximum atomic E-state index is 12.0. The van der Waals surface area contributed by atoms with E-state index in [1.807, 2.05) is 4.90 Å². The Hall–Kier alpha value is -1.54. The van der Waals surface area contributed by atoms with E-state index >= 15 is 0 Å². The second-order valence-electron chi connectivity index (χ2n) is 4.66. The molecule has 0 spiro atoms. The lowest BCUT2D eigenvalue weighted by molar-refractivity contribution is -0.121. The van der Waals surface area contributed by atoms with Crippen LogP contribution in [0.1, 0.15) is 0 Å². The molecule has 6 nitrogen and oxygen atoms in total. The molecular weight excluding hydrogens is 270 g/mol. The van der Waals surface area contributed by atoms with Crippen LogP contribution in [0.2, 0.25) is 0 Å². The number of aryl methyl sites for hydroxylation is 1. The van der Waals surface area contributed by atoms with Crippen molar-refractivity contribution in [1.29, 1.82) is 0 Å². The van der Waals surface area contributed by atoms with Crippen LogP contribution in [-0.4, -0.2) is 66.4 Å². The number of anilines is 1. The van der Waals surface area contributed by atoms with Crippen LogP contribution >= 0.6 is 0 Å². The van der Waals surface area contributed by atoms with Crippen molar-refractivity contribution in [3.63, 3.8) is 0 Å². The zero-order valence-electron chi connectivity index (χ0n) is 11.3. The van der Waals surface area contributed by atoms with Gasteiger partial charge in [-0.25, -0.2) is 8.78 Å². The molecule has 1 aliphatic heterocycles. The molecule has 1 aromatic rings. The minimum absolute atomic E-state index is 0.0156. The molecule has 0 aliphatic carbocycles. The van der Waals surface area contributed by atoms with Gasteiger partial charge in [0.25, 0.3) is 6.43 Å². The number of piperazine rings is 1. The van der Waals surface area contributed by atoms with Gasteiger partial charge in [0.05, 0.1) is 25.0 Å². The summed E-state index contributed by atoms with van der Waals surface area (Å²) in [5.41, 5.74) is 0.783. The fraction of sp³-hybridized carbons (Fsp3) is 0.667. The Labute approximate surface area is 115 Å². The number of alkyl halides is 2. The van der Waals surface area contributed by atoms with Crippen LogP contribution < -0.4 is 4.90 Å². The number of nitrogens with zero attached hydrogens (tertiary/aromatic N) is 4. The van der Waals surface area contributed by atoms with Crippen LogP contribution in [0.4, 0.5) is 14.5 Å². The minimum Gasteiger partial charge on any atom is -0.374 e. The van der Waals surface area contributed by atoms with Crippen LogP contribution in [0.15, 0.2) is 12.4 Å².